The number of hydrogen-bond acceptors (Lipinski definition) is 5. The van der Waals surface area contributed by atoms with Crippen molar-refractivity contribution in [3.8, 4) is 5.75 Å². The Bertz CT molecular complexity index is 669. The van der Waals surface area contributed by atoms with Crippen LogP contribution in [0.1, 0.15) is 11.3 Å². The summed E-state index contributed by atoms with van der Waals surface area (Å²) in [5.41, 5.74) is 2.19. The zero-order valence-corrected chi connectivity index (χ0v) is 15.5. The predicted octanol–water partition coefficient (Wildman–Crippen LogP) is 2.13. The van der Waals surface area contributed by atoms with Gasteiger partial charge in [0, 0.05) is 33.1 Å². The van der Waals surface area contributed by atoms with Gasteiger partial charge in [-0.2, -0.15) is 0 Å². The number of thiazole rings is 1. The molecule has 0 aliphatic rings. The highest BCUT2D eigenvalue weighted by Crippen LogP contribution is 2.18. The summed E-state index contributed by atoms with van der Waals surface area (Å²) in [7, 11) is 7.45. The Morgan fingerprint density at radius 1 is 1.29 bits per heavy atom. The van der Waals surface area contributed by atoms with Gasteiger partial charge in [0.15, 0.2) is 11.1 Å². The van der Waals surface area contributed by atoms with E-state index in [4.69, 9.17) is 4.74 Å². The van der Waals surface area contributed by atoms with E-state index >= 15 is 0 Å². The molecule has 2 N–H and O–H groups in total. The molecule has 0 aliphatic carbocycles. The lowest BCUT2D eigenvalue weighted by atomic mass is 10.1. The van der Waals surface area contributed by atoms with E-state index in [2.05, 4.69) is 32.1 Å². The molecule has 0 spiro atoms. The maximum absolute atomic E-state index is 5.37. The lowest BCUT2D eigenvalue weighted by Gasteiger charge is -2.12. The van der Waals surface area contributed by atoms with Gasteiger partial charge in [0.1, 0.15) is 5.75 Å². The van der Waals surface area contributed by atoms with Crippen LogP contribution in [-0.2, 0) is 13.0 Å². The first-order valence-corrected chi connectivity index (χ1v) is 8.70. The molecule has 0 unspecified atom stereocenters. The monoisotopic (exact) mass is 347 g/mol. The molecule has 1 heterocycles. The van der Waals surface area contributed by atoms with Crippen LogP contribution >= 0.6 is 11.3 Å². The molecule has 0 saturated heterocycles. The van der Waals surface area contributed by atoms with Crippen molar-refractivity contribution in [2.24, 2.45) is 4.99 Å². The first kappa shape index (κ1) is 18.1. The second kappa shape index (κ2) is 9.12. The van der Waals surface area contributed by atoms with Gasteiger partial charge in [0.2, 0.25) is 0 Å². The average Bonchev–Trinajstić information content (AvgIpc) is 3.07. The number of ether oxygens (including phenoxy) is 1. The molecule has 0 radical (unpaired) electrons. The number of para-hydroxylation sites is 1. The summed E-state index contributed by atoms with van der Waals surface area (Å²) in [5, 5.41) is 9.67. The second-order valence-corrected chi connectivity index (χ2v) is 6.27. The second-order valence-electron chi connectivity index (χ2n) is 5.43. The topological polar surface area (TPSA) is 61.8 Å². The van der Waals surface area contributed by atoms with Crippen LogP contribution in [0.25, 0.3) is 0 Å². The Labute approximate surface area is 147 Å². The van der Waals surface area contributed by atoms with Crippen LogP contribution in [0, 0.1) is 0 Å². The van der Waals surface area contributed by atoms with Crippen molar-refractivity contribution in [2.75, 3.05) is 39.7 Å². The Morgan fingerprint density at radius 2 is 2.08 bits per heavy atom. The van der Waals surface area contributed by atoms with Crippen LogP contribution in [0.3, 0.4) is 0 Å². The fourth-order valence-corrected chi connectivity index (χ4v) is 2.96. The fraction of sp³-hybridized carbons (Fsp3) is 0.412. The number of aliphatic imine (C=N–C) groups is 1. The van der Waals surface area contributed by atoms with Crippen molar-refractivity contribution in [1.82, 2.24) is 15.6 Å². The number of nitrogens with one attached hydrogen (secondary N) is 2. The SMILES string of the molecule is CN=C(NCCc1ccccc1OC)NCc1csc(N(C)C)n1. The van der Waals surface area contributed by atoms with Crippen molar-refractivity contribution in [1.29, 1.82) is 0 Å². The van der Waals surface area contributed by atoms with E-state index in [1.54, 1.807) is 25.5 Å². The van der Waals surface area contributed by atoms with E-state index in [1.807, 2.05) is 37.2 Å². The summed E-state index contributed by atoms with van der Waals surface area (Å²) in [6.07, 6.45) is 0.867. The molecule has 24 heavy (non-hydrogen) atoms. The maximum Gasteiger partial charge on any atom is 0.191 e. The Kier molecular flexibility index (Phi) is 6.87. The van der Waals surface area contributed by atoms with Gasteiger partial charge in [-0.1, -0.05) is 18.2 Å². The van der Waals surface area contributed by atoms with E-state index in [9.17, 15) is 0 Å². The molecule has 0 saturated carbocycles. The van der Waals surface area contributed by atoms with Crippen LogP contribution in [0.5, 0.6) is 5.75 Å². The third-order valence-corrected chi connectivity index (χ3v) is 4.52. The highest BCUT2D eigenvalue weighted by atomic mass is 32.1. The third-order valence-electron chi connectivity index (χ3n) is 3.46. The first-order valence-electron chi connectivity index (χ1n) is 7.82. The van der Waals surface area contributed by atoms with Gasteiger partial charge in [0.05, 0.1) is 19.3 Å². The van der Waals surface area contributed by atoms with E-state index in [1.165, 1.54) is 5.56 Å². The van der Waals surface area contributed by atoms with Gasteiger partial charge >= 0.3 is 0 Å². The van der Waals surface area contributed by atoms with Crippen LogP contribution in [0.15, 0.2) is 34.6 Å². The number of rotatable bonds is 7. The minimum atomic E-state index is 0.651. The number of hydrogen-bond donors (Lipinski definition) is 2. The Hall–Kier alpha value is -2.28. The zero-order valence-electron chi connectivity index (χ0n) is 14.7. The van der Waals surface area contributed by atoms with Crippen LogP contribution < -0.4 is 20.3 Å². The molecule has 0 bridgehead atoms. The molecule has 0 fully saturated rings. The summed E-state index contributed by atoms with van der Waals surface area (Å²) in [6, 6.07) is 8.06. The lowest BCUT2D eigenvalue weighted by Crippen LogP contribution is -2.38. The van der Waals surface area contributed by atoms with Gasteiger partial charge < -0.3 is 20.3 Å². The van der Waals surface area contributed by atoms with Crippen molar-refractivity contribution >= 4 is 22.4 Å². The largest absolute Gasteiger partial charge is 0.496 e. The van der Waals surface area contributed by atoms with Crippen molar-refractivity contribution < 1.29 is 4.74 Å². The Morgan fingerprint density at radius 3 is 2.75 bits per heavy atom. The molecule has 130 valence electrons. The van der Waals surface area contributed by atoms with Crippen molar-refractivity contribution in [3.63, 3.8) is 0 Å². The molecule has 2 aromatic rings. The molecular formula is C17H25N5OS. The van der Waals surface area contributed by atoms with E-state index in [0.29, 0.717) is 6.54 Å². The van der Waals surface area contributed by atoms with E-state index in [0.717, 1.165) is 35.5 Å². The van der Waals surface area contributed by atoms with E-state index < -0.39 is 0 Å². The highest BCUT2D eigenvalue weighted by Gasteiger charge is 2.05. The zero-order chi connectivity index (χ0) is 17.4. The van der Waals surface area contributed by atoms with Gasteiger partial charge in [-0.25, -0.2) is 4.98 Å². The number of nitrogens with zero attached hydrogens (tertiary/aromatic N) is 3. The summed E-state index contributed by atoms with van der Waals surface area (Å²) in [6.45, 7) is 1.43. The maximum atomic E-state index is 5.37. The molecule has 0 amide bonds. The summed E-state index contributed by atoms with van der Waals surface area (Å²) >= 11 is 1.64. The highest BCUT2D eigenvalue weighted by molar-refractivity contribution is 7.13. The average molecular weight is 347 g/mol. The molecular weight excluding hydrogens is 322 g/mol. The molecule has 2 rings (SSSR count). The molecule has 6 nitrogen and oxygen atoms in total. The summed E-state index contributed by atoms with van der Waals surface area (Å²) in [5.74, 6) is 1.69. The molecule has 7 heteroatoms. The minimum Gasteiger partial charge on any atom is -0.496 e. The Balaban J connectivity index is 1.80. The van der Waals surface area contributed by atoms with Gasteiger partial charge in [-0.05, 0) is 18.1 Å². The van der Waals surface area contributed by atoms with Gasteiger partial charge in [0.25, 0.3) is 0 Å². The fourth-order valence-electron chi connectivity index (χ4n) is 2.20. The number of methoxy groups -OCH3 is 1. The van der Waals surface area contributed by atoms with Crippen LogP contribution in [-0.4, -0.2) is 45.7 Å². The third kappa shape index (κ3) is 5.13. The molecule has 1 aromatic heterocycles. The number of aromatic nitrogens is 1. The van der Waals surface area contributed by atoms with Gasteiger partial charge in [-0.3, -0.25) is 4.99 Å². The smallest absolute Gasteiger partial charge is 0.191 e. The number of benzene rings is 1. The molecule has 0 aliphatic heterocycles. The number of guanidine groups is 1. The molecule has 0 atom stereocenters. The number of anilines is 1. The standard InChI is InChI=1S/C17H25N5OS/c1-18-16(20-11-14-12-24-17(21-14)22(2)3)19-10-9-13-7-5-6-8-15(13)23-4/h5-8,12H,9-11H2,1-4H3,(H2,18,19,20). The quantitative estimate of drug-likeness (QED) is 0.593. The van der Waals surface area contributed by atoms with Crippen molar-refractivity contribution in [3.05, 3.63) is 40.9 Å². The van der Waals surface area contributed by atoms with Crippen molar-refractivity contribution in [2.45, 2.75) is 13.0 Å². The lowest BCUT2D eigenvalue weighted by molar-refractivity contribution is 0.409. The summed E-state index contributed by atoms with van der Waals surface area (Å²) in [4.78, 5) is 10.8. The minimum absolute atomic E-state index is 0.651. The predicted molar refractivity (Wildman–Crippen MR) is 101 cm³/mol. The van der Waals surface area contributed by atoms with Crippen LogP contribution in [0.4, 0.5) is 5.13 Å². The summed E-state index contributed by atoms with van der Waals surface area (Å²) < 4.78 is 5.37. The van der Waals surface area contributed by atoms with Crippen LogP contribution in [0.2, 0.25) is 0 Å². The van der Waals surface area contributed by atoms with Gasteiger partial charge in [-0.15, -0.1) is 11.3 Å². The van der Waals surface area contributed by atoms with E-state index in [-0.39, 0.29) is 0 Å². The first-order chi connectivity index (χ1) is 11.6. The normalized spacial score (nSPS) is 11.2. The molecule has 1 aromatic carbocycles.